The van der Waals surface area contributed by atoms with Gasteiger partial charge in [0, 0.05) is 12.5 Å². The third-order valence-electron chi connectivity index (χ3n) is 3.62. The molecule has 1 unspecified atom stereocenters. The smallest absolute Gasteiger partial charge is 0.326 e. The van der Waals surface area contributed by atoms with Crippen molar-refractivity contribution in [3.8, 4) is 5.75 Å². The van der Waals surface area contributed by atoms with Crippen molar-refractivity contribution in [2.75, 3.05) is 6.61 Å². The first-order valence-electron chi connectivity index (χ1n) is 7.41. The second kappa shape index (κ2) is 7.24. The lowest BCUT2D eigenvalue weighted by atomic mass is 10.2. The van der Waals surface area contributed by atoms with E-state index < -0.39 is 12.0 Å². The summed E-state index contributed by atoms with van der Waals surface area (Å²) < 4.78 is 18.2. The van der Waals surface area contributed by atoms with Gasteiger partial charge in [0.25, 0.3) is 0 Å². The van der Waals surface area contributed by atoms with Gasteiger partial charge < -0.3 is 14.7 Å². The number of halogens is 1. The molecule has 1 aliphatic rings. The molecule has 0 aliphatic heterocycles. The number of carboxylic acids is 1. The first-order chi connectivity index (χ1) is 10.5. The molecule has 1 N–H and O–H groups in total. The van der Waals surface area contributed by atoms with Crippen LogP contribution in [-0.4, -0.2) is 40.6 Å². The van der Waals surface area contributed by atoms with E-state index in [-0.39, 0.29) is 24.2 Å². The topological polar surface area (TPSA) is 66.8 Å². The number of carboxylic acid groups (broad SMARTS) is 1. The molecule has 1 aliphatic carbocycles. The maximum absolute atomic E-state index is 12.7. The summed E-state index contributed by atoms with van der Waals surface area (Å²) in [6.45, 7) is 1.87. The zero-order chi connectivity index (χ0) is 16.1. The zero-order valence-electron chi connectivity index (χ0n) is 12.5. The fourth-order valence-corrected chi connectivity index (χ4v) is 2.28. The second-order valence-electron chi connectivity index (χ2n) is 5.45. The van der Waals surface area contributed by atoms with Gasteiger partial charge in [-0.1, -0.05) is 0 Å². The van der Waals surface area contributed by atoms with Crippen molar-refractivity contribution in [3.05, 3.63) is 30.1 Å². The summed E-state index contributed by atoms with van der Waals surface area (Å²) in [5, 5.41) is 9.07. The Morgan fingerprint density at radius 2 is 2.00 bits per heavy atom. The van der Waals surface area contributed by atoms with Crippen molar-refractivity contribution >= 4 is 11.9 Å². The Hall–Kier alpha value is -2.11. The number of ether oxygens (including phenoxy) is 1. The predicted molar refractivity (Wildman–Crippen MR) is 78.1 cm³/mol. The molecule has 5 nitrogen and oxygen atoms in total. The molecule has 0 heterocycles. The van der Waals surface area contributed by atoms with Gasteiger partial charge in [-0.2, -0.15) is 0 Å². The van der Waals surface area contributed by atoms with Gasteiger partial charge in [0.2, 0.25) is 5.91 Å². The highest BCUT2D eigenvalue weighted by Gasteiger charge is 2.37. The number of benzene rings is 1. The number of carbonyl (C=O) groups is 2. The van der Waals surface area contributed by atoms with E-state index in [4.69, 9.17) is 9.84 Å². The minimum Gasteiger partial charge on any atom is -0.494 e. The van der Waals surface area contributed by atoms with Crippen LogP contribution >= 0.6 is 0 Å². The summed E-state index contributed by atoms with van der Waals surface area (Å²) in [6, 6.07) is 4.95. The fourth-order valence-electron chi connectivity index (χ4n) is 2.28. The lowest BCUT2D eigenvalue weighted by Gasteiger charge is -2.26. The van der Waals surface area contributed by atoms with E-state index in [0.717, 1.165) is 12.8 Å². The van der Waals surface area contributed by atoms with Crippen LogP contribution in [0.15, 0.2) is 24.3 Å². The number of rotatable bonds is 8. The summed E-state index contributed by atoms with van der Waals surface area (Å²) in [7, 11) is 0. The highest BCUT2D eigenvalue weighted by molar-refractivity contribution is 5.83. The Kier molecular flexibility index (Phi) is 5.35. The Morgan fingerprint density at radius 1 is 1.36 bits per heavy atom. The maximum Gasteiger partial charge on any atom is 0.326 e. The molecule has 2 rings (SSSR count). The standard InChI is InChI=1S/C16H20FNO4/c1-11(16(20)21)18(13-6-7-13)15(19)3-2-10-22-14-8-4-12(17)5-9-14/h4-5,8-9,11,13H,2-3,6-7,10H2,1H3,(H,20,21). The summed E-state index contributed by atoms with van der Waals surface area (Å²) in [4.78, 5) is 24.7. The quantitative estimate of drug-likeness (QED) is 0.749. The van der Waals surface area contributed by atoms with Gasteiger partial charge in [-0.3, -0.25) is 4.79 Å². The number of aliphatic carboxylic acids is 1. The van der Waals surface area contributed by atoms with Crippen molar-refractivity contribution in [1.29, 1.82) is 0 Å². The van der Waals surface area contributed by atoms with Crippen LogP contribution in [0.5, 0.6) is 5.75 Å². The molecule has 1 saturated carbocycles. The number of hydrogen-bond acceptors (Lipinski definition) is 3. The molecule has 1 amide bonds. The van der Waals surface area contributed by atoms with Crippen LogP contribution < -0.4 is 4.74 Å². The van der Waals surface area contributed by atoms with Gasteiger partial charge in [0.05, 0.1) is 6.61 Å². The van der Waals surface area contributed by atoms with Crippen molar-refractivity contribution in [2.45, 2.75) is 44.7 Å². The van der Waals surface area contributed by atoms with Gasteiger partial charge in [0.1, 0.15) is 17.6 Å². The third-order valence-corrected chi connectivity index (χ3v) is 3.62. The van der Waals surface area contributed by atoms with E-state index in [1.807, 2.05) is 0 Å². The van der Waals surface area contributed by atoms with Crippen molar-refractivity contribution < 1.29 is 23.8 Å². The zero-order valence-corrected chi connectivity index (χ0v) is 12.5. The first-order valence-corrected chi connectivity index (χ1v) is 7.41. The van der Waals surface area contributed by atoms with Crippen LogP contribution in [0.4, 0.5) is 4.39 Å². The summed E-state index contributed by atoms with van der Waals surface area (Å²) >= 11 is 0. The van der Waals surface area contributed by atoms with Gasteiger partial charge in [-0.15, -0.1) is 0 Å². The molecule has 0 bridgehead atoms. The molecule has 1 fully saturated rings. The van der Waals surface area contributed by atoms with E-state index >= 15 is 0 Å². The summed E-state index contributed by atoms with van der Waals surface area (Å²) in [5.74, 6) is -0.917. The molecular formula is C16H20FNO4. The lowest BCUT2D eigenvalue weighted by molar-refractivity contribution is -0.150. The Balaban J connectivity index is 1.76. The molecular weight excluding hydrogens is 289 g/mol. The molecule has 0 radical (unpaired) electrons. The molecule has 0 aromatic heterocycles. The first kappa shape index (κ1) is 16.3. The molecule has 1 aromatic rings. The van der Waals surface area contributed by atoms with E-state index in [2.05, 4.69) is 0 Å². The van der Waals surface area contributed by atoms with E-state index in [0.29, 0.717) is 18.8 Å². The number of carbonyl (C=O) groups excluding carboxylic acids is 1. The Morgan fingerprint density at radius 3 is 2.55 bits per heavy atom. The lowest BCUT2D eigenvalue weighted by Crippen LogP contribution is -2.44. The number of hydrogen-bond donors (Lipinski definition) is 1. The summed E-state index contributed by atoms with van der Waals surface area (Å²) in [6.07, 6.45) is 2.48. The maximum atomic E-state index is 12.7. The molecule has 22 heavy (non-hydrogen) atoms. The molecule has 1 aromatic carbocycles. The molecule has 6 heteroatoms. The van der Waals surface area contributed by atoms with Crippen LogP contribution in [0, 0.1) is 5.82 Å². The normalized spacial score (nSPS) is 15.2. The van der Waals surface area contributed by atoms with Crippen molar-refractivity contribution in [3.63, 3.8) is 0 Å². The Bertz CT molecular complexity index is 527. The van der Waals surface area contributed by atoms with E-state index in [1.165, 1.54) is 36.1 Å². The number of amides is 1. The van der Waals surface area contributed by atoms with Gasteiger partial charge in [0.15, 0.2) is 0 Å². The van der Waals surface area contributed by atoms with Crippen LogP contribution in [0.25, 0.3) is 0 Å². The second-order valence-corrected chi connectivity index (χ2v) is 5.45. The highest BCUT2D eigenvalue weighted by atomic mass is 19.1. The SMILES string of the molecule is CC(C(=O)O)N(C(=O)CCCOc1ccc(F)cc1)C1CC1. The van der Waals surface area contributed by atoms with Crippen LogP contribution in [0.2, 0.25) is 0 Å². The highest BCUT2D eigenvalue weighted by Crippen LogP contribution is 2.29. The van der Waals surface area contributed by atoms with E-state index in [9.17, 15) is 14.0 Å². The van der Waals surface area contributed by atoms with Gasteiger partial charge in [-0.05, 0) is 50.5 Å². The number of nitrogens with zero attached hydrogens (tertiary/aromatic N) is 1. The fraction of sp³-hybridized carbons (Fsp3) is 0.500. The summed E-state index contributed by atoms with van der Waals surface area (Å²) in [5.41, 5.74) is 0. The van der Waals surface area contributed by atoms with Crippen LogP contribution in [0.1, 0.15) is 32.6 Å². The molecule has 0 saturated heterocycles. The van der Waals surface area contributed by atoms with Crippen molar-refractivity contribution in [2.24, 2.45) is 0 Å². The minimum atomic E-state index is -0.984. The monoisotopic (exact) mass is 309 g/mol. The molecule has 0 spiro atoms. The predicted octanol–water partition coefficient (Wildman–Crippen LogP) is 2.45. The average molecular weight is 309 g/mol. The van der Waals surface area contributed by atoms with Crippen LogP contribution in [-0.2, 0) is 9.59 Å². The van der Waals surface area contributed by atoms with Gasteiger partial charge >= 0.3 is 5.97 Å². The molecule has 1 atom stereocenters. The third kappa shape index (κ3) is 4.44. The molecule has 120 valence electrons. The Labute approximate surface area is 128 Å². The van der Waals surface area contributed by atoms with Crippen molar-refractivity contribution in [1.82, 2.24) is 4.90 Å². The average Bonchev–Trinajstić information content (AvgIpc) is 3.30. The minimum absolute atomic E-state index is 0.0663. The van der Waals surface area contributed by atoms with E-state index in [1.54, 1.807) is 0 Å². The largest absolute Gasteiger partial charge is 0.494 e. The van der Waals surface area contributed by atoms with Crippen LogP contribution in [0.3, 0.4) is 0 Å². The van der Waals surface area contributed by atoms with Gasteiger partial charge in [-0.25, -0.2) is 9.18 Å².